The molecule has 2 atom stereocenters. The van der Waals surface area contributed by atoms with Crippen LogP contribution in [0.5, 0.6) is 0 Å². The number of hydrogen-bond acceptors (Lipinski definition) is 4. The average Bonchev–Trinajstić information content (AvgIpc) is 3.35. The molecule has 6 nitrogen and oxygen atoms in total. The Hall–Kier alpha value is -1.48. The lowest BCUT2D eigenvalue weighted by Crippen LogP contribution is -2.35. The summed E-state index contributed by atoms with van der Waals surface area (Å²) < 4.78 is 11.2. The molecule has 0 aromatic heterocycles. The van der Waals surface area contributed by atoms with Gasteiger partial charge in [-0.1, -0.05) is 6.07 Å². The van der Waals surface area contributed by atoms with E-state index in [4.69, 9.17) is 33.9 Å². The highest BCUT2D eigenvalue weighted by Crippen LogP contribution is 2.20. The smallest absolute Gasteiger partial charge is 0.170 e. The Labute approximate surface area is 171 Å². The summed E-state index contributed by atoms with van der Waals surface area (Å²) in [5, 5.41) is 14.1. The fraction of sp³-hybridized carbons (Fsp3) is 0.579. The molecular weight excluding hydrogens is 380 g/mol. The third-order valence-corrected chi connectivity index (χ3v) is 5.26. The van der Waals surface area contributed by atoms with Gasteiger partial charge in [0.25, 0.3) is 0 Å². The standard InChI is InChI=1S/C19H28N4O2S2/c1-13-6-7-14(22-18(26)20-11-15-4-2-8-24-15)10-17(13)23-19(27)21-12-16-5-3-9-25-16/h6-7,10,15-16H,2-5,8-9,11-12H2,1H3,(H2,20,22,26)(H2,21,23,27)/t15-,16+/m1/s1. The van der Waals surface area contributed by atoms with Crippen molar-refractivity contribution in [3.63, 3.8) is 0 Å². The average molecular weight is 409 g/mol. The van der Waals surface area contributed by atoms with Gasteiger partial charge < -0.3 is 30.7 Å². The Morgan fingerprint density at radius 1 is 0.963 bits per heavy atom. The molecule has 0 bridgehead atoms. The van der Waals surface area contributed by atoms with Gasteiger partial charge in [-0.2, -0.15) is 0 Å². The van der Waals surface area contributed by atoms with Gasteiger partial charge in [-0.05, 0) is 74.7 Å². The van der Waals surface area contributed by atoms with Crippen molar-refractivity contribution >= 4 is 46.0 Å². The van der Waals surface area contributed by atoms with Gasteiger partial charge in [-0.25, -0.2) is 0 Å². The number of ether oxygens (including phenoxy) is 2. The SMILES string of the molecule is Cc1ccc(NC(=S)NC[C@H]2CCCO2)cc1NC(=S)NC[C@@H]1CCCO1. The minimum absolute atomic E-state index is 0.256. The molecule has 1 aromatic rings. The second kappa shape index (κ2) is 10.2. The first-order chi connectivity index (χ1) is 13.1. The summed E-state index contributed by atoms with van der Waals surface area (Å²) in [5.41, 5.74) is 2.97. The summed E-state index contributed by atoms with van der Waals surface area (Å²) in [7, 11) is 0. The maximum atomic E-state index is 5.61. The third-order valence-electron chi connectivity index (χ3n) is 4.77. The van der Waals surface area contributed by atoms with Gasteiger partial charge in [-0.3, -0.25) is 0 Å². The molecule has 4 N–H and O–H groups in total. The van der Waals surface area contributed by atoms with Gasteiger partial charge in [0.05, 0.1) is 12.2 Å². The first kappa shape index (κ1) is 20.3. The minimum atomic E-state index is 0.256. The van der Waals surface area contributed by atoms with Gasteiger partial charge in [0.15, 0.2) is 10.2 Å². The van der Waals surface area contributed by atoms with Crippen molar-refractivity contribution in [1.82, 2.24) is 10.6 Å². The predicted molar refractivity (Wildman–Crippen MR) is 118 cm³/mol. The molecule has 0 amide bonds. The molecule has 1 aromatic carbocycles. The lowest BCUT2D eigenvalue weighted by atomic mass is 10.2. The van der Waals surface area contributed by atoms with Crippen molar-refractivity contribution in [3.05, 3.63) is 23.8 Å². The molecule has 0 unspecified atom stereocenters. The Morgan fingerprint density at radius 3 is 2.11 bits per heavy atom. The molecule has 2 aliphatic heterocycles. The van der Waals surface area contributed by atoms with Gasteiger partial charge in [-0.15, -0.1) is 0 Å². The van der Waals surface area contributed by atoms with E-state index >= 15 is 0 Å². The molecule has 0 spiro atoms. The van der Waals surface area contributed by atoms with Crippen LogP contribution >= 0.6 is 24.4 Å². The summed E-state index contributed by atoms with van der Waals surface area (Å²) in [5.74, 6) is 0. The van der Waals surface area contributed by atoms with Crippen LogP contribution in [0.1, 0.15) is 31.2 Å². The van der Waals surface area contributed by atoms with Crippen LogP contribution in [0.25, 0.3) is 0 Å². The molecule has 0 radical (unpaired) electrons. The van der Waals surface area contributed by atoms with Crippen LogP contribution in [0.2, 0.25) is 0 Å². The molecule has 0 saturated carbocycles. The highest BCUT2D eigenvalue weighted by atomic mass is 32.1. The highest BCUT2D eigenvalue weighted by molar-refractivity contribution is 7.80. The predicted octanol–water partition coefficient (Wildman–Crippen LogP) is 2.93. The normalized spacial score (nSPS) is 21.7. The molecule has 0 aliphatic carbocycles. The molecule has 2 aliphatic rings. The zero-order chi connectivity index (χ0) is 19.1. The number of benzene rings is 1. The van der Waals surface area contributed by atoms with E-state index in [1.807, 2.05) is 25.1 Å². The quantitative estimate of drug-likeness (QED) is 0.536. The number of hydrogen-bond donors (Lipinski definition) is 4. The fourth-order valence-electron chi connectivity index (χ4n) is 3.20. The van der Waals surface area contributed by atoms with Crippen LogP contribution in [0.3, 0.4) is 0 Å². The van der Waals surface area contributed by atoms with Crippen LogP contribution in [0.15, 0.2) is 18.2 Å². The van der Waals surface area contributed by atoms with Crippen molar-refractivity contribution < 1.29 is 9.47 Å². The summed E-state index contributed by atoms with van der Waals surface area (Å²) in [6, 6.07) is 6.05. The molecule has 27 heavy (non-hydrogen) atoms. The number of rotatable bonds is 6. The number of aryl methyl sites for hydroxylation is 1. The first-order valence-corrected chi connectivity index (χ1v) is 10.4. The van der Waals surface area contributed by atoms with Crippen molar-refractivity contribution in [2.24, 2.45) is 0 Å². The monoisotopic (exact) mass is 408 g/mol. The van der Waals surface area contributed by atoms with E-state index in [0.717, 1.165) is 68.9 Å². The largest absolute Gasteiger partial charge is 0.376 e. The number of thiocarbonyl (C=S) groups is 2. The highest BCUT2D eigenvalue weighted by Gasteiger charge is 2.16. The summed E-state index contributed by atoms with van der Waals surface area (Å²) >= 11 is 10.8. The van der Waals surface area contributed by atoms with Crippen molar-refractivity contribution in [3.8, 4) is 0 Å². The summed E-state index contributed by atoms with van der Waals surface area (Å²) in [6.07, 6.45) is 4.94. The van der Waals surface area contributed by atoms with Crippen LogP contribution in [-0.4, -0.2) is 48.7 Å². The molecule has 3 rings (SSSR count). The number of anilines is 2. The van der Waals surface area contributed by atoms with E-state index < -0.39 is 0 Å². The molecule has 148 valence electrons. The van der Waals surface area contributed by atoms with E-state index in [2.05, 4.69) is 21.3 Å². The van der Waals surface area contributed by atoms with Gasteiger partial charge >= 0.3 is 0 Å². The molecule has 2 saturated heterocycles. The van der Waals surface area contributed by atoms with Crippen LogP contribution < -0.4 is 21.3 Å². The van der Waals surface area contributed by atoms with Gasteiger partial charge in [0, 0.05) is 37.7 Å². The first-order valence-electron chi connectivity index (χ1n) is 9.54. The van der Waals surface area contributed by atoms with E-state index in [-0.39, 0.29) is 12.2 Å². The second-order valence-corrected chi connectivity index (χ2v) is 7.79. The van der Waals surface area contributed by atoms with E-state index in [1.54, 1.807) is 0 Å². The fourth-order valence-corrected chi connectivity index (χ4v) is 3.59. The maximum absolute atomic E-state index is 5.61. The zero-order valence-corrected chi connectivity index (χ0v) is 17.3. The zero-order valence-electron chi connectivity index (χ0n) is 15.7. The lowest BCUT2D eigenvalue weighted by Gasteiger charge is -2.17. The summed E-state index contributed by atoms with van der Waals surface area (Å²) in [4.78, 5) is 0. The Balaban J connectivity index is 1.47. The van der Waals surface area contributed by atoms with E-state index in [0.29, 0.717) is 10.2 Å². The van der Waals surface area contributed by atoms with E-state index in [1.165, 1.54) is 0 Å². The van der Waals surface area contributed by atoms with E-state index in [9.17, 15) is 0 Å². The van der Waals surface area contributed by atoms with Gasteiger partial charge in [0.2, 0.25) is 0 Å². The van der Waals surface area contributed by atoms with Crippen LogP contribution in [-0.2, 0) is 9.47 Å². The third kappa shape index (κ3) is 6.57. The molecular formula is C19H28N4O2S2. The Bertz CT molecular complexity index is 659. The maximum Gasteiger partial charge on any atom is 0.170 e. The Morgan fingerprint density at radius 2 is 1.56 bits per heavy atom. The van der Waals surface area contributed by atoms with Crippen molar-refractivity contribution in [2.75, 3.05) is 36.9 Å². The minimum Gasteiger partial charge on any atom is -0.376 e. The van der Waals surface area contributed by atoms with Crippen LogP contribution in [0, 0.1) is 6.92 Å². The topological polar surface area (TPSA) is 66.6 Å². The number of nitrogens with one attached hydrogen (secondary N) is 4. The second-order valence-electron chi connectivity index (χ2n) is 6.97. The van der Waals surface area contributed by atoms with Crippen molar-refractivity contribution in [2.45, 2.75) is 44.8 Å². The van der Waals surface area contributed by atoms with Gasteiger partial charge in [0.1, 0.15) is 0 Å². The molecule has 2 heterocycles. The molecule has 8 heteroatoms. The molecule has 2 fully saturated rings. The Kier molecular flexibility index (Phi) is 7.63. The lowest BCUT2D eigenvalue weighted by molar-refractivity contribution is 0.114. The van der Waals surface area contributed by atoms with Crippen LogP contribution in [0.4, 0.5) is 11.4 Å². The van der Waals surface area contributed by atoms with Crippen molar-refractivity contribution in [1.29, 1.82) is 0 Å². The summed E-state index contributed by atoms with van der Waals surface area (Å²) in [6.45, 7) is 5.21.